The third kappa shape index (κ3) is 10.2. The molecule has 3 aliphatic heterocycles. The van der Waals surface area contributed by atoms with Gasteiger partial charge in [0.05, 0.1) is 0 Å². The molecule has 3 atom stereocenters. The zero-order chi connectivity index (χ0) is 76.1. The van der Waals surface area contributed by atoms with E-state index in [9.17, 15) is 51.4 Å². The molecule has 6 aliphatic carbocycles. The second-order valence-electron chi connectivity index (χ2n) is 28.4. The summed E-state index contributed by atoms with van der Waals surface area (Å²) in [6, 6.07) is 54.3. The van der Waals surface area contributed by atoms with Gasteiger partial charge in [-0.15, -0.1) is 0 Å². The second-order valence-corrected chi connectivity index (χ2v) is 28.4. The van der Waals surface area contributed by atoms with Crippen LogP contribution in [0.2, 0.25) is 0 Å². The first-order valence-electron chi connectivity index (χ1n) is 35.4. The minimum atomic E-state index is -1.04. The summed E-state index contributed by atoms with van der Waals surface area (Å²) in [5.41, 5.74) is 7.81. The molecule has 18 nitrogen and oxygen atoms in total. The Balaban J connectivity index is 0.000000121. The molecule has 24 heteroatoms. The summed E-state index contributed by atoms with van der Waals surface area (Å²) in [7, 11) is 4.87. The molecule has 3 aromatic heterocycles. The fourth-order valence-corrected chi connectivity index (χ4v) is 17.8. The number of nitrogens with zero attached hydrogens (tertiary/aromatic N) is 9. The van der Waals surface area contributed by atoms with Crippen molar-refractivity contribution >= 4 is 35.9 Å². The fourth-order valence-electron chi connectivity index (χ4n) is 17.8. The number of rotatable bonds is 9. The molecule has 20 rings (SSSR count). The van der Waals surface area contributed by atoms with Crippen molar-refractivity contribution < 1.29 is 55.3 Å². The molecule has 6 heterocycles. The Kier molecular flexibility index (Phi) is 16.7. The number of aromatic nitrogens is 3. The zero-order valence-corrected chi connectivity index (χ0v) is 59.0. The van der Waals surface area contributed by atoms with Gasteiger partial charge in [-0.2, -0.15) is 0 Å². The molecular formula is C87H67F6N9O9. The summed E-state index contributed by atoms with van der Waals surface area (Å²) >= 11 is 0. The molecule has 3 unspecified atom stereocenters. The highest BCUT2D eigenvalue weighted by Crippen LogP contribution is 2.60. The van der Waals surface area contributed by atoms with Crippen molar-refractivity contribution in [2.45, 2.75) is 56.5 Å². The highest BCUT2D eigenvalue weighted by molar-refractivity contribution is 5.98. The van der Waals surface area contributed by atoms with E-state index in [0.717, 1.165) is 79.4 Å². The molecule has 0 fully saturated rings. The lowest BCUT2D eigenvalue weighted by Gasteiger charge is -2.49. The van der Waals surface area contributed by atoms with Crippen molar-refractivity contribution in [3.63, 3.8) is 0 Å². The van der Waals surface area contributed by atoms with Crippen LogP contribution in [0, 0.1) is 34.9 Å². The van der Waals surface area contributed by atoms with Crippen LogP contribution in [0.15, 0.2) is 238 Å². The molecule has 3 amide bonds. The number of carbonyl (C=O) groups is 3. The summed E-state index contributed by atoms with van der Waals surface area (Å²) in [5, 5.41) is 16.2. The number of halogens is 6. The van der Waals surface area contributed by atoms with Crippen LogP contribution in [0.25, 0.3) is 18.2 Å². The van der Waals surface area contributed by atoms with E-state index < -0.39 is 79.5 Å². The number of amides is 3. The molecule has 0 spiro atoms. The Morgan fingerprint density at radius 3 is 1.22 bits per heavy atom. The van der Waals surface area contributed by atoms with Crippen molar-refractivity contribution in [3.05, 3.63) is 384 Å². The molecule has 0 bridgehead atoms. The van der Waals surface area contributed by atoms with Crippen LogP contribution in [-0.4, -0.2) is 92.7 Å². The molecule has 0 saturated carbocycles. The van der Waals surface area contributed by atoms with Gasteiger partial charge in [-0.1, -0.05) is 165 Å². The molecule has 0 radical (unpaired) electrons. The SMILES string of the molecule is C.CN1CN(C23C(=Cc4c2ccc(F)c4F)Cc2ccccc23)n2ccc(=O)c(O)c2C1=O.CN1CN(C23C(=Cc4c2ccc(F)c4F)Cc2ccccc23)n2ccc(=O)c(OCc3ccccc3)c2C1=O.CN1CN(C23C(=Cc4ccccc42)Cc2c3ccc(F)c2F)n2ccc(=O)c(OCc3ccccc3)c2C1=O. The van der Waals surface area contributed by atoms with E-state index in [4.69, 9.17) is 9.47 Å². The lowest BCUT2D eigenvalue weighted by Crippen LogP contribution is -2.61. The highest BCUT2D eigenvalue weighted by atomic mass is 19.2. The first-order valence-corrected chi connectivity index (χ1v) is 35.4. The largest absolute Gasteiger partial charge is 0.502 e. The van der Waals surface area contributed by atoms with Gasteiger partial charge in [-0.05, 0) is 121 Å². The Labute approximate surface area is 630 Å². The van der Waals surface area contributed by atoms with Gasteiger partial charge in [0, 0.05) is 81.0 Å². The number of hydrogen-bond acceptors (Lipinski definition) is 12. The minimum absolute atomic E-state index is 0. The number of carbonyl (C=O) groups excluding carboxylic acids is 3. The molecule has 11 aromatic rings. The van der Waals surface area contributed by atoms with E-state index in [0.29, 0.717) is 35.1 Å². The van der Waals surface area contributed by atoms with Gasteiger partial charge in [0.2, 0.25) is 16.3 Å². The van der Waals surface area contributed by atoms with Gasteiger partial charge in [0.15, 0.2) is 69.2 Å². The summed E-state index contributed by atoms with van der Waals surface area (Å²) in [6.45, 7) is 0.583. The lowest BCUT2D eigenvalue weighted by molar-refractivity contribution is 0.0705. The van der Waals surface area contributed by atoms with Crippen LogP contribution in [0.3, 0.4) is 0 Å². The molecule has 556 valence electrons. The Morgan fingerprint density at radius 1 is 0.378 bits per heavy atom. The van der Waals surface area contributed by atoms with Crippen LogP contribution < -0.4 is 40.8 Å². The third-order valence-corrected chi connectivity index (χ3v) is 22.5. The smallest absolute Gasteiger partial charge is 0.277 e. The number of fused-ring (bicyclic) bond motifs is 18. The van der Waals surface area contributed by atoms with Crippen molar-refractivity contribution in [2.24, 2.45) is 0 Å². The van der Waals surface area contributed by atoms with E-state index in [-0.39, 0.29) is 98.6 Å². The molecule has 1 N–H and O–H groups in total. The summed E-state index contributed by atoms with van der Waals surface area (Å²) in [6.07, 6.45) is 11.2. The Morgan fingerprint density at radius 2 is 0.748 bits per heavy atom. The average Bonchev–Trinajstić information content (AvgIpc) is 1.54. The predicted molar refractivity (Wildman–Crippen MR) is 403 cm³/mol. The lowest BCUT2D eigenvalue weighted by atomic mass is 9.83. The molecule has 8 aromatic carbocycles. The summed E-state index contributed by atoms with van der Waals surface area (Å²) in [5.74, 6) is -7.45. The number of ether oxygens (including phenoxy) is 2. The van der Waals surface area contributed by atoms with Crippen LogP contribution in [-0.2, 0) is 49.1 Å². The molecule has 0 saturated heterocycles. The summed E-state index contributed by atoms with van der Waals surface area (Å²) < 4.78 is 105. The average molecular weight is 1500 g/mol. The quantitative estimate of drug-likeness (QED) is 0.136. The van der Waals surface area contributed by atoms with Crippen molar-refractivity contribution in [1.29, 1.82) is 0 Å². The number of pyridine rings is 3. The predicted octanol–water partition coefficient (Wildman–Crippen LogP) is 12.5. The van der Waals surface area contributed by atoms with Gasteiger partial charge in [-0.25, -0.2) is 26.3 Å². The maximum atomic E-state index is 15.2. The van der Waals surface area contributed by atoms with Gasteiger partial charge in [0.25, 0.3) is 17.7 Å². The van der Waals surface area contributed by atoms with E-state index in [1.165, 1.54) is 43.8 Å². The number of aromatic hydroxyl groups is 1. The monoisotopic (exact) mass is 1500 g/mol. The maximum Gasteiger partial charge on any atom is 0.277 e. The van der Waals surface area contributed by atoms with Crippen LogP contribution in [0.1, 0.15) is 117 Å². The van der Waals surface area contributed by atoms with Gasteiger partial charge in [0.1, 0.15) is 49.8 Å². The van der Waals surface area contributed by atoms with Crippen LogP contribution in [0.5, 0.6) is 17.2 Å². The van der Waals surface area contributed by atoms with Crippen molar-refractivity contribution in [2.75, 3.05) is 56.2 Å². The second kappa shape index (κ2) is 26.2. The minimum Gasteiger partial charge on any atom is -0.502 e. The highest BCUT2D eigenvalue weighted by Gasteiger charge is 2.59. The van der Waals surface area contributed by atoms with Crippen LogP contribution in [0.4, 0.5) is 26.3 Å². The number of hydrogen-bond donors (Lipinski definition) is 1. The van der Waals surface area contributed by atoms with Gasteiger partial charge >= 0.3 is 0 Å². The first kappa shape index (κ1) is 70.6. The van der Waals surface area contributed by atoms with Crippen molar-refractivity contribution in [1.82, 2.24) is 28.7 Å². The van der Waals surface area contributed by atoms with Crippen molar-refractivity contribution in [3.8, 4) is 17.2 Å². The standard InChI is InChI=1S/2C31H23F2N3O3.C24H17F2N3O3.CH4/c2*1-34-18-36(35-14-13-26(37)29(28(35)30(34)38)39-17-19-7-3-2-4-8-19)31-21(15-20-9-5-6-10-23(20)31)16-22-24(31)11-12-25(32)27(22)33;1-27-12-29(28-9-8-19(30)22(31)21(28)23(27)32)24-14(10-13-4-2-3-5-16(13)24)11-15-17(24)6-7-18(25)20(15)26;/h2-14,16H,15,17-18H2,1H3;2-15H,16-18H2,1H3;2-9,11,31H,10,12H2,1H3;1H4. The van der Waals surface area contributed by atoms with Gasteiger partial charge in [-0.3, -0.25) is 57.8 Å². The third-order valence-electron chi connectivity index (χ3n) is 22.5. The Hall–Kier alpha value is -13.4. The maximum absolute atomic E-state index is 15.2. The van der Waals surface area contributed by atoms with Crippen LogP contribution >= 0.6 is 0 Å². The first-order chi connectivity index (χ1) is 53.2. The fraction of sp³-hybridized carbons (Fsp3) is 0.172. The Bertz CT molecular complexity index is 6010. The van der Waals surface area contributed by atoms with E-state index in [2.05, 4.69) is 0 Å². The topological polar surface area (TPSA) is 175 Å². The number of benzene rings is 8. The summed E-state index contributed by atoms with van der Waals surface area (Å²) in [4.78, 5) is 82.7. The zero-order valence-electron chi connectivity index (χ0n) is 59.0. The van der Waals surface area contributed by atoms with E-state index in [1.807, 2.05) is 155 Å². The normalized spacial score (nSPS) is 19.2. The van der Waals surface area contributed by atoms with Gasteiger partial charge < -0.3 is 29.3 Å². The molecule has 9 aliphatic rings. The molecular weight excluding hydrogens is 1430 g/mol. The van der Waals surface area contributed by atoms with E-state index in [1.54, 1.807) is 73.2 Å². The van der Waals surface area contributed by atoms with E-state index >= 15 is 8.78 Å². The molecule has 111 heavy (non-hydrogen) atoms.